The number of amides is 1. The summed E-state index contributed by atoms with van der Waals surface area (Å²) in [7, 11) is 0. The molecule has 0 aromatic heterocycles. The molecule has 1 aliphatic rings. The number of nitrogens with one attached hydrogen (secondary N) is 3. The first-order valence-electron chi connectivity index (χ1n) is 7.79. The van der Waals surface area contributed by atoms with Gasteiger partial charge in [0.15, 0.2) is 0 Å². The summed E-state index contributed by atoms with van der Waals surface area (Å²) in [6.45, 7) is 4.55. The summed E-state index contributed by atoms with van der Waals surface area (Å²) >= 11 is 3.66. The summed E-state index contributed by atoms with van der Waals surface area (Å²) in [5.74, 6) is -0.0260. The highest BCUT2D eigenvalue weighted by atomic mass is 79.9. The van der Waals surface area contributed by atoms with E-state index in [4.69, 9.17) is 5.73 Å². The standard InChI is InChI=1S/C16H25BrN4O.ClH/c1-3-16(4-2,10-18)19-15(22)14-12(17)13(20-21-14)11-8-6-5-7-9-11;/h5-9,12-14,20-21H,3-4,10,18H2,1-2H3,(H,19,22);1H. The van der Waals surface area contributed by atoms with E-state index in [0.717, 1.165) is 18.4 Å². The van der Waals surface area contributed by atoms with Gasteiger partial charge in [-0.15, -0.1) is 12.4 Å². The lowest BCUT2D eigenvalue weighted by molar-refractivity contribution is -0.124. The Morgan fingerprint density at radius 3 is 2.39 bits per heavy atom. The maximum atomic E-state index is 12.6. The van der Waals surface area contributed by atoms with Crippen molar-refractivity contribution < 1.29 is 4.79 Å². The van der Waals surface area contributed by atoms with Crippen molar-refractivity contribution in [2.24, 2.45) is 5.73 Å². The van der Waals surface area contributed by atoms with Gasteiger partial charge in [-0.2, -0.15) is 0 Å². The Balaban J connectivity index is 0.00000264. The summed E-state index contributed by atoms with van der Waals surface area (Å²) in [6, 6.07) is 9.79. The molecule has 0 radical (unpaired) electrons. The smallest absolute Gasteiger partial charge is 0.240 e. The number of hydrogen-bond acceptors (Lipinski definition) is 4. The first kappa shape index (κ1) is 20.4. The molecule has 1 heterocycles. The molecule has 1 fully saturated rings. The van der Waals surface area contributed by atoms with Crippen molar-refractivity contribution in [1.82, 2.24) is 16.2 Å². The lowest BCUT2D eigenvalue weighted by atomic mass is 9.92. The third kappa shape index (κ3) is 4.45. The molecule has 0 saturated carbocycles. The van der Waals surface area contributed by atoms with Crippen molar-refractivity contribution >= 4 is 34.2 Å². The fourth-order valence-corrected chi connectivity index (χ4v) is 3.58. The van der Waals surface area contributed by atoms with Gasteiger partial charge in [-0.05, 0) is 18.4 Å². The first-order chi connectivity index (χ1) is 10.6. The van der Waals surface area contributed by atoms with Crippen LogP contribution >= 0.6 is 28.3 Å². The molecule has 0 aliphatic carbocycles. The Bertz CT molecular complexity index is 490. The Labute approximate surface area is 152 Å². The predicted octanol–water partition coefficient (Wildman–Crippen LogP) is 2.02. The highest BCUT2D eigenvalue weighted by molar-refractivity contribution is 9.09. The molecule has 5 nitrogen and oxygen atoms in total. The fraction of sp³-hybridized carbons (Fsp3) is 0.562. The van der Waals surface area contributed by atoms with Crippen molar-refractivity contribution in [3.8, 4) is 0 Å². The van der Waals surface area contributed by atoms with Crippen molar-refractivity contribution in [2.75, 3.05) is 6.54 Å². The molecule has 1 saturated heterocycles. The molecular formula is C16H26BrClN4O. The maximum Gasteiger partial charge on any atom is 0.240 e. The third-order valence-corrected chi connectivity index (χ3v) is 5.66. The molecule has 1 aromatic rings. The summed E-state index contributed by atoms with van der Waals surface area (Å²) in [5.41, 5.74) is 13.0. The number of carbonyl (C=O) groups excluding carboxylic acids is 1. The van der Waals surface area contributed by atoms with Gasteiger partial charge in [0.05, 0.1) is 16.4 Å². The Hall–Kier alpha value is -0.660. The lowest BCUT2D eigenvalue weighted by Crippen LogP contribution is -2.58. The van der Waals surface area contributed by atoms with Gasteiger partial charge in [0.25, 0.3) is 0 Å². The average molecular weight is 406 g/mol. The zero-order valence-electron chi connectivity index (χ0n) is 13.5. The van der Waals surface area contributed by atoms with Gasteiger partial charge in [-0.3, -0.25) is 4.79 Å². The molecule has 0 bridgehead atoms. The molecular weight excluding hydrogens is 380 g/mol. The van der Waals surface area contributed by atoms with Gasteiger partial charge in [0, 0.05) is 6.54 Å². The van der Waals surface area contributed by atoms with Gasteiger partial charge in [-0.25, -0.2) is 10.9 Å². The minimum absolute atomic E-state index is 0. The van der Waals surface area contributed by atoms with E-state index in [9.17, 15) is 4.79 Å². The lowest BCUT2D eigenvalue weighted by Gasteiger charge is -2.33. The number of nitrogens with two attached hydrogens (primary N) is 1. The second kappa shape index (κ2) is 8.99. The van der Waals surface area contributed by atoms with Crippen LogP contribution in [0.15, 0.2) is 30.3 Å². The van der Waals surface area contributed by atoms with Crippen LogP contribution in [0, 0.1) is 0 Å². The van der Waals surface area contributed by atoms with Crippen molar-refractivity contribution in [3.05, 3.63) is 35.9 Å². The van der Waals surface area contributed by atoms with Crippen LogP contribution < -0.4 is 21.9 Å². The van der Waals surface area contributed by atoms with Crippen LogP contribution in [0.1, 0.15) is 38.3 Å². The van der Waals surface area contributed by atoms with Gasteiger partial charge in [0.1, 0.15) is 6.04 Å². The molecule has 23 heavy (non-hydrogen) atoms. The number of benzene rings is 1. The van der Waals surface area contributed by atoms with Crippen molar-refractivity contribution in [1.29, 1.82) is 0 Å². The number of halogens is 2. The van der Waals surface area contributed by atoms with Gasteiger partial charge in [0.2, 0.25) is 5.91 Å². The van der Waals surface area contributed by atoms with Crippen LogP contribution in [0.2, 0.25) is 0 Å². The van der Waals surface area contributed by atoms with E-state index in [1.54, 1.807) is 0 Å². The molecule has 1 aliphatic heterocycles. The molecule has 1 amide bonds. The number of carbonyl (C=O) groups is 1. The summed E-state index contributed by atoms with van der Waals surface area (Å²) in [6.07, 6.45) is 1.64. The summed E-state index contributed by atoms with van der Waals surface area (Å²) in [4.78, 5) is 12.6. The molecule has 5 N–H and O–H groups in total. The Morgan fingerprint density at radius 1 is 1.26 bits per heavy atom. The predicted molar refractivity (Wildman–Crippen MR) is 99.7 cm³/mol. The summed E-state index contributed by atoms with van der Waals surface area (Å²) in [5, 5.41) is 3.13. The molecule has 3 atom stereocenters. The van der Waals surface area contributed by atoms with Gasteiger partial charge >= 0.3 is 0 Å². The largest absolute Gasteiger partial charge is 0.348 e. The fourth-order valence-electron chi connectivity index (χ4n) is 2.77. The van der Waals surface area contributed by atoms with E-state index in [0.29, 0.717) is 6.54 Å². The van der Waals surface area contributed by atoms with E-state index in [1.807, 2.05) is 18.2 Å². The SMILES string of the molecule is CCC(CC)(CN)NC(=O)C1NNC(c2ccccc2)C1Br.Cl. The molecule has 130 valence electrons. The van der Waals surface area contributed by atoms with Crippen LogP contribution in [-0.2, 0) is 4.79 Å². The normalized spacial score (nSPS) is 24.1. The topological polar surface area (TPSA) is 79.2 Å². The van der Waals surface area contributed by atoms with Crippen LogP contribution in [0.25, 0.3) is 0 Å². The summed E-state index contributed by atoms with van der Waals surface area (Å²) < 4.78 is 0. The van der Waals surface area contributed by atoms with Gasteiger partial charge < -0.3 is 11.1 Å². The zero-order chi connectivity index (χ0) is 16.2. The van der Waals surface area contributed by atoms with E-state index in [1.165, 1.54) is 0 Å². The molecule has 7 heteroatoms. The van der Waals surface area contributed by atoms with E-state index < -0.39 is 0 Å². The van der Waals surface area contributed by atoms with E-state index in [-0.39, 0.29) is 40.8 Å². The van der Waals surface area contributed by atoms with Gasteiger partial charge in [-0.1, -0.05) is 60.1 Å². The zero-order valence-corrected chi connectivity index (χ0v) is 15.9. The van der Waals surface area contributed by atoms with Crippen LogP contribution in [0.4, 0.5) is 0 Å². The number of hydrogen-bond donors (Lipinski definition) is 4. The molecule has 0 spiro atoms. The molecule has 1 aromatic carbocycles. The first-order valence-corrected chi connectivity index (χ1v) is 8.70. The second-order valence-corrected chi connectivity index (χ2v) is 6.84. The molecule has 2 rings (SSSR count). The Kier molecular flexibility index (Phi) is 7.97. The van der Waals surface area contributed by atoms with Crippen LogP contribution in [0.5, 0.6) is 0 Å². The van der Waals surface area contributed by atoms with Crippen LogP contribution in [-0.4, -0.2) is 28.9 Å². The maximum absolute atomic E-state index is 12.6. The third-order valence-electron chi connectivity index (χ3n) is 4.61. The highest BCUT2D eigenvalue weighted by Crippen LogP contribution is 2.29. The number of rotatable bonds is 6. The van der Waals surface area contributed by atoms with Crippen LogP contribution in [0.3, 0.4) is 0 Å². The molecule has 3 unspecified atom stereocenters. The quantitative estimate of drug-likeness (QED) is 0.546. The second-order valence-electron chi connectivity index (χ2n) is 5.78. The minimum Gasteiger partial charge on any atom is -0.348 e. The Morgan fingerprint density at radius 2 is 1.87 bits per heavy atom. The number of alkyl halides is 1. The average Bonchev–Trinajstić information content (AvgIpc) is 2.95. The van der Waals surface area contributed by atoms with E-state index >= 15 is 0 Å². The minimum atomic E-state index is -0.339. The highest BCUT2D eigenvalue weighted by Gasteiger charge is 2.41. The van der Waals surface area contributed by atoms with Crippen molar-refractivity contribution in [3.63, 3.8) is 0 Å². The number of hydrazine groups is 1. The van der Waals surface area contributed by atoms with Crippen molar-refractivity contribution in [2.45, 2.75) is 49.1 Å². The van der Waals surface area contributed by atoms with E-state index in [2.05, 4.69) is 58.1 Å². The monoisotopic (exact) mass is 404 g/mol.